The maximum atomic E-state index is 9.88. The number of nitriles is 1. The van der Waals surface area contributed by atoms with Gasteiger partial charge in [-0.3, -0.25) is 0 Å². The lowest BCUT2D eigenvalue weighted by Gasteiger charge is -2.27. The highest BCUT2D eigenvalue weighted by molar-refractivity contribution is 7.15. The van der Waals surface area contributed by atoms with E-state index in [1.54, 1.807) is 49.6 Å². The molecule has 2 aromatic heterocycles. The third kappa shape index (κ3) is 6.39. The smallest absolute Gasteiger partial charge is 0.183 e. The lowest BCUT2D eigenvalue weighted by atomic mass is 9.98. The first-order valence-electron chi connectivity index (χ1n) is 11.8. The highest BCUT2D eigenvalue weighted by Crippen LogP contribution is 2.36. The SMILES string of the molecule is CN1CCC(c2ncc(-c3cnc(NN)c(OCc4cc(C#CC(C)(C)O)ccc4C#N)c3)s2)CC1. The zero-order chi connectivity index (χ0) is 25.7. The predicted octanol–water partition coefficient (Wildman–Crippen LogP) is 3.87. The number of nitrogens with zero attached hydrogens (tertiary/aromatic N) is 4. The summed E-state index contributed by atoms with van der Waals surface area (Å²) in [5.74, 6) is 12.8. The summed E-state index contributed by atoms with van der Waals surface area (Å²) in [5, 5.41) is 20.6. The minimum absolute atomic E-state index is 0.129. The molecule has 1 fully saturated rings. The van der Waals surface area contributed by atoms with Gasteiger partial charge in [-0.15, -0.1) is 11.3 Å². The Kier molecular flexibility index (Phi) is 7.88. The molecule has 1 aromatic carbocycles. The zero-order valence-electron chi connectivity index (χ0n) is 20.7. The number of thiazole rings is 1. The van der Waals surface area contributed by atoms with Crippen molar-refractivity contribution in [2.24, 2.45) is 5.84 Å². The summed E-state index contributed by atoms with van der Waals surface area (Å²) < 4.78 is 6.08. The van der Waals surface area contributed by atoms with Gasteiger partial charge >= 0.3 is 0 Å². The molecule has 1 aliphatic heterocycles. The third-order valence-electron chi connectivity index (χ3n) is 5.99. The number of likely N-dealkylation sites (tertiary alicyclic amines) is 1. The van der Waals surface area contributed by atoms with Crippen LogP contribution >= 0.6 is 11.3 Å². The van der Waals surface area contributed by atoms with Crippen molar-refractivity contribution in [1.29, 1.82) is 5.26 Å². The summed E-state index contributed by atoms with van der Waals surface area (Å²) in [6, 6.07) is 9.32. The van der Waals surface area contributed by atoms with Gasteiger partial charge in [0.25, 0.3) is 0 Å². The average Bonchev–Trinajstić information content (AvgIpc) is 3.36. The molecule has 3 heterocycles. The molecule has 0 aliphatic carbocycles. The second-order valence-electron chi connectivity index (χ2n) is 9.44. The van der Waals surface area contributed by atoms with Gasteiger partial charge in [-0.2, -0.15) is 5.26 Å². The first kappa shape index (κ1) is 25.6. The van der Waals surface area contributed by atoms with Crippen molar-refractivity contribution in [3.05, 3.63) is 58.4 Å². The first-order valence-corrected chi connectivity index (χ1v) is 12.6. The molecule has 0 saturated carbocycles. The van der Waals surface area contributed by atoms with Crippen molar-refractivity contribution in [3.63, 3.8) is 0 Å². The first-order chi connectivity index (χ1) is 17.3. The molecule has 36 heavy (non-hydrogen) atoms. The normalized spacial score (nSPS) is 14.6. The number of hydrogen-bond donors (Lipinski definition) is 3. The number of nitrogen functional groups attached to an aromatic ring is 1. The number of nitrogens with two attached hydrogens (primary N) is 1. The lowest BCUT2D eigenvalue weighted by Crippen LogP contribution is -2.29. The highest BCUT2D eigenvalue weighted by Gasteiger charge is 2.22. The van der Waals surface area contributed by atoms with Gasteiger partial charge in [0, 0.05) is 35.0 Å². The van der Waals surface area contributed by atoms with E-state index >= 15 is 0 Å². The van der Waals surface area contributed by atoms with Crippen molar-refractivity contribution >= 4 is 17.2 Å². The molecule has 1 saturated heterocycles. The third-order valence-corrected chi connectivity index (χ3v) is 7.20. The largest absolute Gasteiger partial charge is 0.485 e. The number of rotatable bonds is 6. The van der Waals surface area contributed by atoms with Crippen LogP contribution in [-0.2, 0) is 6.61 Å². The topological polar surface area (TPSA) is 120 Å². The molecular formula is C27H30N6O2S. The number of hydrazine groups is 1. The quantitative estimate of drug-likeness (QED) is 0.264. The number of nitrogens with one attached hydrogen (secondary N) is 1. The molecule has 0 bridgehead atoms. The van der Waals surface area contributed by atoms with E-state index in [-0.39, 0.29) is 6.61 Å². The molecule has 186 valence electrons. The van der Waals surface area contributed by atoms with Crippen LogP contribution in [0.4, 0.5) is 5.82 Å². The Labute approximate surface area is 215 Å². The molecule has 3 aromatic rings. The summed E-state index contributed by atoms with van der Waals surface area (Å²) in [4.78, 5) is 12.5. The second kappa shape index (κ2) is 11.1. The standard InChI is InChI=1S/C27H30N6O2S/c1-27(2,34)9-6-18-4-5-20(14-28)22(12-18)17-35-23-13-21(15-30-25(23)32-29)24-16-31-26(36-24)19-7-10-33(3)11-8-19/h4-5,12-13,15-16,19,34H,7-8,10-11,17,29H2,1-3H3,(H,30,32). The Morgan fingerprint density at radius 1 is 1.25 bits per heavy atom. The van der Waals surface area contributed by atoms with Gasteiger partial charge < -0.3 is 20.2 Å². The van der Waals surface area contributed by atoms with Crippen LogP contribution in [0.2, 0.25) is 0 Å². The van der Waals surface area contributed by atoms with Crippen molar-refractivity contribution in [1.82, 2.24) is 14.9 Å². The number of pyridine rings is 1. The number of hydrogen-bond acceptors (Lipinski definition) is 9. The molecule has 0 amide bonds. The lowest BCUT2D eigenvalue weighted by molar-refractivity contribution is 0.143. The minimum Gasteiger partial charge on any atom is -0.485 e. The molecule has 1 aliphatic rings. The average molecular weight is 503 g/mol. The van der Waals surface area contributed by atoms with E-state index in [9.17, 15) is 10.4 Å². The number of benzene rings is 1. The Bertz CT molecular complexity index is 1320. The van der Waals surface area contributed by atoms with Crippen LogP contribution in [0.1, 0.15) is 54.3 Å². The maximum Gasteiger partial charge on any atom is 0.183 e. The highest BCUT2D eigenvalue weighted by atomic mass is 32.1. The van der Waals surface area contributed by atoms with Gasteiger partial charge in [0.05, 0.1) is 21.5 Å². The fraction of sp³-hybridized carbons (Fsp3) is 0.370. The van der Waals surface area contributed by atoms with Crippen molar-refractivity contribution in [3.8, 4) is 34.1 Å². The molecular weight excluding hydrogens is 472 g/mol. The molecule has 8 nitrogen and oxygen atoms in total. The van der Waals surface area contributed by atoms with E-state index < -0.39 is 5.60 Å². The summed E-state index contributed by atoms with van der Waals surface area (Å²) in [5.41, 5.74) is 4.21. The van der Waals surface area contributed by atoms with E-state index in [0.717, 1.165) is 41.4 Å². The minimum atomic E-state index is -1.11. The number of aliphatic hydroxyl groups is 1. The molecule has 4 rings (SSSR count). The van der Waals surface area contributed by atoms with Crippen LogP contribution in [0.5, 0.6) is 5.75 Å². The number of ether oxygens (including phenoxy) is 1. The molecule has 9 heteroatoms. The molecule has 0 spiro atoms. The fourth-order valence-electron chi connectivity index (χ4n) is 3.94. The summed E-state index contributed by atoms with van der Waals surface area (Å²) >= 11 is 1.69. The van der Waals surface area contributed by atoms with Crippen LogP contribution < -0.4 is 16.0 Å². The molecule has 0 unspecified atom stereocenters. The van der Waals surface area contributed by atoms with Crippen LogP contribution in [0.3, 0.4) is 0 Å². The van der Waals surface area contributed by atoms with Gasteiger partial charge in [0.1, 0.15) is 12.2 Å². The Hall–Kier alpha value is -3.47. The van der Waals surface area contributed by atoms with E-state index in [2.05, 4.69) is 40.3 Å². The second-order valence-corrected chi connectivity index (χ2v) is 10.5. The van der Waals surface area contributed by atoms with Crippen LogP contribution in [0, 0.1) is 23.2 Å². The number of piperidine rings is 1. The molecule has 0 radical (unpaired) electrons. The Morgan fingerprint density at radius 3 is 2.72 bits per heavy atom. The maximum absolute atomic E-state index is 9.88. The fourth-order valence-corrected chi connectivity index (χ4v) is 5.01. The van der Waals surface area contributed by atoms with Crippen LogP contribution in [-0.4, -0.2) is 45.7 Å². The van der Waals surface area contributed by atoms with E-state index in [4.69, 9.17) is 15.6 Å². The van der Waals surface area contributed by atoms with Gasteiger partial charge in [0.15, 0.2) is 11.6 Å². The molecule has 4 N–H and O–H groups in total. The van der Waals surface area contributed by atoms with Gasteiger partial charge in [-0.25, -0.2) is 15.8 Å². The van der Waals surface area contributed by atoms with E-state index in [0.29, 0.717) is 34.2 Å². The monoisotopic (exact) mass is 502 g/mol. The van der Waals surface area contributed by atoms with E-state index in [1.807, 2.05) is 12.3 Å². The van der Waals surface area contributed by atoms with Crippen LogP contribution in [0.25, 0.3) is 10.4 Å². The van der Waals surface area contributed by atoms with Gasteiger partial charge in [-0.1, -0.05) is 11.8 Å². The number of anilines is 1. The van der Waals surface area contributed by atoms with E-state index in [1.165, 1.54) is 0 Å². The van der Waals surface area contributed by atoms with Crippen molar-refractivity contribution < 1.29 is 9.84 Å². The number of aromatic nitrogens is 2. The summed E-state index contributed by atoms with van der Waals surface area (Å²) in [7, 11) is 2.16. The summed E-state index contributed by atoms with van der Waals surface area (Å²) in [6.07, 6.45) is 5.88. The van der Waals surface area contributed by atoms with Gasteiger partial charge in [-0.05, 0) is 71.1 Å². The Balaban J connectivity index is 1.55. The van der Waals surface area contributed by atoms with Crippen molar-refractivity contribution in [2.75, 3.05) is 25.6 Å². The molecule has 0 atom stereocenters. The van der Waals surface area contributed by atoms with Gasteiger partial charge in [0.2, 0.25) is 0 Å². The van der Waals surface area contributed by atoms with Crippen molar-refractivity contribution in [2.45, 2.75) is 44.8 Å². The Morgan fingerprint density at radius 2 is 2.03 bits per heavy atom. The van der Waals surface area contributed by atoms with Crippen LogP contribution in [0.15, 0.2) is 36.7 Å². The zero-order valence-corrected chi connectivity index (χ0v) is 21.5. The predicted molar refractivity (Wildman–Crippen MR) is 141 cm³/mol. The summed E-state index contributed by atoms with van der Waals surface area (Å²) in [6.45, 7) is 5.55.